The summed E-state index contributed by atoms with van der Waals surface area (Å²) < 4.78 is 5.23. The number of benzene rings is 2. The Morgan fingerprint density at radius 3 is 2.42 bits per heavy atom. The monoisotopic (exact) mass is 510 g/mol. The molecule has 12 heteroatoms. The number of ketones is 1. The number of nitrogens with zero attached hydrogens (tertiary/aromatic N) is 4. The average molecular weight is 511 g/mol. The minimum atomic E-state index is -0.447. The third-order valence-electron chi connectivity index (χ3n) is 5.52. The summed E-state index contributed by atoms with van der Waals surface area (Å²) in [6, 6.07) is 13.4. The first-order chi connectivity index (χ1) is 17.3. The molecule has 6 N–H and O–H groups in total. The molecule has 0 bridgehead atoms. The van der Waals surface area contributed by atoms with Crippen LogP contribution in [0.2, 0.25) is 5.02 Å². The van der Waals surface area contributed by atoms with Crippen molar-refractivity contribution in [2.75, 3.05) is 35.7 Å². The molecule has 0 unspecified atom stereocenters. The van der Waals surface area contributed by atoms with Crippen LogP contribution < -0.4 is 31.7 Å². The number of aromatic nitrogens is 3. The molecule has 0 saturated carbocycles. The smallest absolute Gasteiger partial charge is 0.322 e. The first-order valence-corrected chi connectivity index (χ1v) is 11.7. The van der Waals surface area contributed by atoms with Crippen LogP contribution in [0.1, 0.15) is 23.2 Å². The fraction of sp³-hybridized carbons (Fsp3) is 0.292. The number of methoxy groups -OCH3 is 1. The Hall–Kier alpha value is -3.80. The van der Waals surface area contributed by atoms with Crippen molar-refractivity contribution in [3.8, 4) is 6.01 Å². The number of ether oxygens (including phenoxy) is 1. The zero-order chi connectivity index (χ0) is 25.7. The molecule has 0 spiro atoms. The molecule has 4 rings (SSSR count). The summed E-state index contributed by atoms with van der Waals surface area (Å²) in [6.45, 7) is 1.14. The molecule has 36 heavy (non-hydrogen) atoms. The highest BCUT2D eigenvalue weighted by Crippen LogP contribution is 2.23. The molecule has 3 aromatic rings. The Morgan fingerprint density at radius 1 is 1.06 bits per heavy atom. The van der Waals surface area contributed by atoms with Crippen LogP contribution in [0.3, 0.4) is 0 Å². The fourth-order valence-electron chi connectivity index (χ4n) is 3.85. The standard InChI is InChI=1S/C24H27ClN8O3/c1-36-24-31-22(30-23(32-24)33-12-15(26)10-16(27)13-33)28-17-8-6-14(7-9-17)20(34)11-21(35)29-19-5-3-2-4-18(19)25/h2-9,15-16H,10-13,26-27H2,1H3,(H,29,35)(H,28,30,31,32)/t15-,16+. The number of halogens is 1. The van der Waals surface area contributed by atoms with Gasteiger partial charge in [-0.2, -0.15) is 15.0 Å². The van der Waals surface area contributed by atoms with Gasteiger partial charge < -0.3 is 31.7 Å². The Balaban J connectivity index is 1.41. The van der Waals surface area contributed by atoms with Crippen LogP contribution in [-0.2, 0) is 4.79 Å². The summed E-state index contributed by atoms with van der Waals surface area (Å²) in [5.74, 6) is -0.0979. The number of amides is 1. The van der Waals surface area contributed by atoms with Crippen molar-refractivity contribution in [3.63, 3.8) is 0 Å². The molecule has 0 radical (unpaired) electrons. The van der Waals surface area contributed by atoms with Crippen LogP contribution in [-0.4, -0.2) is 58.9 Å². The lowest BCUT2D eigenvalue weighted by Gasteiger charge is -2.34. The number of anilines is 4. The number of carbonyl (C=O) groups excluding carboxylic acids is 2. The first kappa shape index (κ1) is 25.3. The van der Waals surface area contributed by atoms with E-state index >= 15 is 0 Å². The SMILES string of the molecule is COc1nc(Nc2ccc(C(=O)CC(=O)Nc3ccccc3Cl)cc2)nc(N2C[C@H](N)C[C@H](N)C2)n1. The second kappa shape index (κ2) is 11.3. The highest BCUT2D eigenvalue weighted by Gasteiger charge is 2.25. The molecular weight excluding hydrogens is 484 g/mol. The van der Waals surface area contributed by atoms with E-state index in [1.165, 1.54) is 7.11 Å². The summed E-state index contributed by atoms with van der Waals surface area (Å²) in [6.07, 6.45) is 0.419. The summed E-state index contributed by atoms with van der Waals surface area (Å²) in [4.78, 5) is 39.8. The molecule has 1 aromatic heterocycles. The molecule has 0 aliphatic carbocycles. The number of hydrogen-bond donors (Lipinski definition) is 4. The summed E-state index contributed by atoms with van der Waals surface area (Å²) in [5.41, 5.74) is 13.7. The van der Waals surface area contributed by atoms with Crippen molar-refractivity contribution in [2.24, 2.45) is 11.5 Å². The third-order valence-corrected chi connectivity index (χ3v) is 5.85. The van der Waals surface area contributed by atoms with Crippen molar-refractivity contribution in [3.05, 3.63) is 59.1 Å². The second-order valence-electron chi connectivity index (χ2n) is 8.44. The van der Waals surface area contributed by atoms with Gasteiger partial charge in [0.25, 0.3) is 0 Å². The number of nitrogens with one attached hydrogen (secondary N) is 2. The number of nitrogens with two attached hydrogens (primary N) is 2. The largest absolute Gasteiger partial charge is 0.467 e. The number of piperidine rings is 1. The van der Waals surface area contributed by atoms with Crippen molar-refractivity contribution in [1.82, 2.24) is 15.0 Å². The number of Topliss-reactive ketones (excluding diaryl/α,β-unsaturated/α-hetero) is 1. The Labute approximate surface area is 213 Å². The summed E-state index contributed by atoms with van der Waals surface area (Å²) >= 11 is 6.05. The van der Waals surface area contributed by atoms with Gasteiger partial charge in [-0.15, -0.1) is 0 Å². The first-order valence-electron chi connectivity index (χ1n) is 11.3. The lowest BCUT2D eigenvalue weighted by Crippen LogP contribution is -2.52. The molecule has 1 amide bonds. The lowest BCUT2D eigenvalue weighted by atomic mass is 10.0. The molecule has 1 aliphatic rings. The molecule has 1 saturated heterocycles. The molecular formula is C24H27ClN8O3. The van der Waals surface area contributed by atoms with Crippen LogP contribution >= 0.6 is 11.6 Å². The molecule has 1 fully saturated rings. The average Bonchev–Trinajstić information content (AvgIpc) is 2.85. The van der Waals surface area contributed by atoms with Crippen LogP contribution in [0.25, 0.3) is 0 Å². The third kappa shape index (κ3) is 6.45. The Morgan fingerprint density at radius 2 is 1.75 bits per heavy atom. The van der Waals surface area contributed by atoms with E-state index in [2.05, 4.69) is 25.6 Å². The maximum absolute atomic E-state index is 12.6. The van der Waals surface area contributed by atoms with E-state index in [0.717, 1.165) is 6.42 Å². The van der Waals surface area contributed by atoms with E-state index in [1.807, 2.05) is 4.90 Å². The molecule has 2 aromatic carbocycles. The van der Waals surface area contributed by atoms with Crippen LogP contribution in [0, 0.1) is 0 Å². The summed E-state index contributed by atoms with van der Waals surface area (Å²) in [7, 11) is 1.47. The van der Waals surface area contributed by atoms with Gasteiger partial charge in [0.05, 0.1) is 24.2 Å². The predicted molar refractivity (Wildman–Crippen MR) is 138 cm³/mol. The van der Waals surface area contributed by atoms with Gasteiger partial charge in [0.15, 0.2) is 5.78 Å². The highest BCUT2D eigenvalue weighted by molar-refractivity contribution is 6.33. The van der Waals surface area contributed by atoms with E-state index in [1.54, 1.807) is 48.5 Å². The van der Waals surface area contributed by atoms with Gasteiger partial charge >= 0.3 is 6.01 Å². The summed E-state index contributed by atoms with van der Waals surface area (Å²) in [5, 5.41) is 6.14. The minimum absolute atomic E-state index is 0.0789. The number of rotatable bonds is 8. The topological polar surface area (TPSA) is 161 Å². The van der Waals surface area contributed by atoms with Gasteiger partial charge in [0.1, 0.15) is 0 Å². The van der Waals surface area contributed by atoms with Gasteiger partial charge in [-0.05, 0) is 42.8 Å². The molecule has 11 nitrogen and oxygen atoms in total. The maximum Gasteiger partial charge on any atom is 0.322 e. The van der Waals surface area contributed by atoms with E-state index in [4.69, 9.17) is 27.8 Å². The molecule has 188 valence electrons. The zero-order valence-corrected chi connectivity index (χ0v) is 20.4. The van der Waals surface area contributed by atoms with Crippen molar-refractivity contribution >= 4 is 46.6 Å². The van der Waals surface area contributed by atoms with Crippen LogP contribution in [0.5, 0.6) is 6.01 Å². The fourth-order valence-corrected chi connectivity index (χ4v) is 4.03. The van der Waals surface area contributed by atoms with Crippen molar-refractivity contribution < 1.29 is 14.3 Å². The quantitative estimate of drug-likeness (QED) is 0.261. The van der Waals surface area contributed by atoms with Gasteiger partial charge in [0, 0.05) is 36.4 Å². The molecule has 2 atom stereocenters. The normalized spacial score (nSPS) is 17.4. The number of para-hydroxylation sites is 1. The maximum atomic E-state index is 12.6. The van der Waals surface area contributed by atoms with Crippen LogP contribution in [0.4, 0.5) is 23.3 Å². The Kier molecular flexibility index (Phi) is 7.93. The van der Waals surface area contributed by atoms with Crippen LogP contribution in [0.15, 0.2) is 48.5 Å². The van der Waals surface area contributed by atoms with E-state index in [9.17, 15) is 9.59 Å². The predicted octanol–water partition coefficient (Wildman–Crippen LogP) is 2.35. The van der Waals surface area contributed by atoms with Gasteiger partial charge in [-0.25, -0.2) is 0 Å². The van der Waals surface area contributed by atoms with Gasteiger partial charge in [-0.1, -0.05) is 23.7 Å². The minimum Gasteiger partial charge on any atom is -0.467 e. The zero-order valence-electron chi connectivity index (χ0n) is 19.6. The van der Waals surface area contributed by atoms with Crippen molar-refractivity contribution in [1.29, 1.82) is 0 Å². The van der Waals surface area contributed by atoms with E-state index < -0.39 is 5.91 Å². The van der Waals surface area contributed by atoms with E-state index in [-0.39, 0.29) is 36.2 Å². The second-order valence-corrected chi connectivity index (χ2v) is 8.84. The number of hydrogen-bond acceptors (Lipinski definition) is 10. The van der Waals surface area contributed by atoms with Gasteiger partial charge in [-0.3, -0.25) is 9.59 Å². The van der Waals surface area contributed by atoms with Gasteiger partial charge in [0.2, 0.25) is 17.8 Å². The Bertz CT molecular complexity index is 1230. The van der Waals surface area contributed by atoms with Crippen molar-refractivity contribution in [2.45, 2.75) is 24.9 Å². The molecule has 2 heterocycles. The lowest BCUT2D eigenvalue weighted by molar-refractivity contribution is -0.115. The van der Waals surface area contributed by atoms with E-state index in [0.29, 0.717) is 41.0 Å². The number of carbonyl (C=O) groups is 2. The molecule has 1 aliphatic heterocycles. The highest BCUT2D eigenvalue weighted by atomic mass is 35.5.